The lowest BCUT2D eigenvalue weighted by atomic mass is 9.91. The van der Waals surface area contributed by atoms with E-state index in [2.05, 4.69) is 10.5 Å². The molecule has 160 valence electrons. The van der Waals surface area contributed by atoms with Crippen LogP contribution in [0.1, 0.15) is 44.6 Å². The molecule has 0 bridgehead atoms. The Kier molecular flexibility index (Phi) is 6.33. The van der Waals surface area contributed by atoms with Gasteiger partial charge in [-0.2, -0.15) is 13.2 Å². The number of nitrogens with one attached hydrogen (secondary N) is 1. The third-order valence-electron chi connectivity index (χ3n) is 5.46. The van der Waals surface area contributed by atoms with Crippen LogP contribution in [-0.2, 0) is 26.5 Å². The van der Waals surface area contributed by atoms with E-state index in [0.717, 1.165) is 25.0 Å². The molecule has 2 N–H and O–H groups in total. The standard InChI is InChI=1S/C19H23F3N2O4S/c1-2-18(29(27)14-5-3-4-13(10-14)19(20,21)22)8-9-28-15(11-18)17(25)23-16(24-26)12-6-7-12/h3-5,10,12,15,26H,2,6-9,11H2,1H3,(H,23,24,25). The van der Waals surface area contributed by atoms with E-state index in [4.69, 9.17) is 9.94 Å². The van der Waals surface area contributed by atoms with Gasteiger partial charge in [0.05, 0.1) is 21.1 Å². The monoisotopic (exact) mass is 432 g/mol. The van der Waals surface area contributed by atoms with E-state index in [1.165, 1.54) is 12.1 Å². The quantitative estimate of drug-likeness (QED) is 0.323. The number of amidine groups is 1. The van der Waals surface area contributed by atoms with Crippen LogP contribution in [0.15, 0.2) is 34.3 Å². The number of benzene rings is 1. The second-order valence-corrected chi connectivity index (χ2v) is 9.27. The molecule has 2 aliphatic rings. The predicted molar refractivity (Wildman–Crippen MR) is 99.9 cm³/mol. The molecule has 1 aliphatic carbocycles. The first-order chi connectivity index (χ1) is 13.7. The van der Waals surface area contributed by atoms with Crippen molar-refractivity contribution in [3.63, 3.8) is 0 Å². The minimum atomic E-state index is -4.53. The molecule has 1 heterocycles. The average Bonchev–Trinajstić information content (AvgIpc) is 3.56. The Labute approximate surface area is 169 Å². The van der Waals surface area contributed by atoms with Gasteiger partial charge >= 0.3 is 6.18 Å². The number of hydrogen-bond donors (Lipinski definition) is 2. The summed E-state index contributed by atoms with van der Waals surface area (Å²) in [6.45, 7) is 1.96. The maximum absolute atomic E-state index is 13.3. The molecule has 3 atom stereocenters. The Morgan fingerprint density at radius 3 is 2.72 bits per heavy atom. The van der Waals surface area contributed by atoms with Gasteiger partial charge in [0.1, 0.15) is 6.10 Å². The third kappa shape index (κ3) is 4.80. The van der Waals surface area contributed by atoms with Crippen molar-refractivity contribution in [2.75, 3.05) is 6.61 Å². The molecular formula is C19H23F3N2O4S. The maximum Gasteiger partial charge on any atom is 0.416 e. The van der Waals surface area contributed by atoms with Crippen molar-refractivity contribution >= 4 is 22.5 Å². The highest BCUT2D eigenvalue weighted by atomic mass is 32.2. The van der Waals surface area contributed by atoms with E-state index in [-0.39, 0.29) is 29.7 Å². The predicted octanol–water partition coefficient (Wildman–Crippen LogP) is 3.45. The van der Waals surface area contributed by atoms with Gasteiger partial charge in [0, 0.05) is 23.8 Å². The molecule has 29 heavy (non-hydrogen) atoms. The summed E-state index contributed by atoms with van der Waals surface area (Å²) in [4.78, 5) is 12.7. The summed E-state index contributed by atoms with van der Waals surface area (Å²) in [5, 5.41) is 14.7. The van der Waals surface area contributed by atoms with Crippen molar-refractivity contribution in [1.82, 2.24) is 5.32 Å². The highest BCUT2D eigenvalue weighted by molar-refractivity contribution is 7.86. The Bertz CT molecular complexity index is 826. The third-order valence-corrected chi connectivity index (χ3v) is 7.59. The first-order valence-electron chi connectivity index (χ1n) is 9.44. The summed E-state index contributed by atoms with van der Waals surface area (Å²) >= 11 is 0. The normalized spacial score (nSPS) is 26.8. The summed E-state index contributed by atoms with van der Waals surface area (Å²) in [7, 11) is -1.76. The van der Waals surface area contributed by atoms with Crippen LogP contribution in [0.25, 0.3) is 0 Å². The summed E-state index contributed by atoms with van der Waals surface area (Å²) in [6, 6.07) is 4.49. The van der Waals surface area contributed by atoms with Crippen LogP contribution in [0, 0.1) is 5.92 Å². The molecule has 0 aromatic heterocycles. The van der Waals surface area contributed by atoms with E-state index < -0.39 is 39.3 Å². The van der Waals surface area contributed by atoms with E-state index in [1.807, 2.05) is 0 Å². The number of amides is 1. The number of halogens is 3. The smallest absolute Gasteiger partial charge is 0.409 e. The molecule has 3 unspecified atom stereocenters. The Morgan fingerprint density at radius 2 is 2.14 bits per heavy atom. The number of nitrogens with zero attached hydrogens (tertiary/aromatic N) is 1. The Morgan fingerprint density at radius 1 is 1.41 bits per heavy atom. The fourth-order valence-electron chi connectivity index (χ4n) is 3.48. The number of ether oxygens (including phenoxy) is 1. The van der Waals surface area contributed by atoms with Gasteiger partial charge in [0.15, 0.2) is 5.84 Å². The Hall–Kier alpha value is -1.94. The molecule has 6 nitrogen and oxygen atoms in total. The zero-order valence-electron chi connectivity index (χ0n) is 15.9. The van der Waals surface area contributed by atoms with Gasteiger partial charge in [-0.15, -0.1) is 0 Å². The van der Waals surface area contributed by atoms with Crippen molar-refractivity contribution in [1.29, 1.82) is 0 Å². The molecular weight excluding hydrogens is 409 g/mol. The van der Waals surface area contributed by atoms with Gasteiger partial charge in [0.2, 0.25) is 0 Å². The largest absolute Gasteiger partial charge is 0.416 e. The lowest BCUT2D eigenvalue weighted by Crippen LogP contribution is -2.50. The number of rotatable bonds is 5. The Balaban J connectivity index is 1.79. The van der Waals surface area contributed by atoms with Crippen LogP contribution >= 0.6 is 0 Å². The van der Waals surface area contributed by atoms with Crippen LogP contribution in [0.3, 0.4) is 0 Å². The molecule has 2 fully saturated rings. The molecule has 10 heteroatoms. The number of carbonyl (C=O) groups is 1. The molecule has 0 spiro atoms. The lowest BCUT2D eigenvalue weighted by Gasteiger charge is -2.39. The summed E-state index contributed by atoms with van der Waals surface area (Å²) in [5.41, 5.74) is -0.857. The van der Waals surface area contributed by atoms with Gasteiger partial charge in [-0.05, 0) is 43.9 Å². The summed E-state index contributed by atoms with van der Waals surface area (Å²) in [6.07, 6.45) is -2.93. The first-order valence-corrected chi connectivity index (χ1v) is 10.6. The maximum atomic E-state index is 13.3. The van der Waals surface area contributed by atoms with Gasteiger partial charge in [-0.1, -0.05) is 18.1 Å². The SMILES string of the molecule is CCC1(S(=O)c2cccc(C(F)(F)F)c2)CCOC(C(=O)N/C(=N\O)C2CC2)C1. The molecule has 0 radical (unpaired) electrons. The molecule has 1 aliphatic heterocycles. The van der Waals surface area contributed by atoms with Crippen molar-refractivity contribution in [3.05, 3.63) is 29.8 Å². The first kappa shape index (κ1) is 21.8. The lowest BCUT2D eigenvalue weighted by molar-refractivity contribution is -0.137. The topological polar surface area (TPSA) is 88.0 Å². The number of hydrogen-bond acceptors (Lipinski definition) is 5. The average molecular weight is 432 g/mol. The molecule has 1 aromatic carbocycles. The van der Waals surface area contributed by atoms with Gasteiger partial charge in [-0.25, -0.2) is 0 Å². The van der Waals surface area contributed by atoms with Crippen LogP contribution in [-0.4, -0.2) is 38.6 Å². The fraction of sp³-hybridized carbons (Fsp3) is 0.579. The van der Waals surface area contributed by atoms with E-state index >= 15 is 0 Å². The van der Waals surface area contributed by atoms with Crippen molar-refractivity contribution < 1.29 is 32.1 Å². The molecule has 1 amide bonds. The van der Waals surface area contributed by atoms with Gasteiger partial charge in [-0.3, -0.25) is 9.00 Å². The second-order valence-electron chi connectivity index (χ2n) is 7.39. The highest BCUT2D eigenvalue weighted by Crippen LogP contribution is 2.39. The summed E-state index contributed by atoms with van der Waals surface area (Å²) in [5.74, 6) is -0.295. The minimum Gasteiger partial charge on any atom is -0.409 e. The van der Waals surface area contributed by atoms with Crippen LogP contribution in [0.4, 0.5) is 13.2 Å². The van der Waals surface area contributed by atoms with Crippen LogP contribution < -0.4 is 5.32 Å². The van der Waals surface area contributed by atoms with Crippen LogP contribution in [0.5, 0.6) is 0 Å². The van der Waals surface area contributed by atoms with E-state index in [1.54, 1.807) is 6.92 Å². The van der Waals surface area contributed by atoms with Crippen LogP contribution in [0.2, 0.25) is 0 Å². The molecule has 1 saturated carbocycles. The highest BCUT2D eigenvalue weighted by Gasteiger charge is 2.45. The van der Waals surface area contributed by atoms with Crippen molar-refractivity contribution in [2.45, 2.75) is 61.0 Å². The minimum absolute atomic E-state index is 0.0164. The fourth-order valence-corrected chi connectivity index (χ4v) is 5.25. The number of alkyl halides is 3. The second kappa shape index (κ2) is 8.43. The molecule has 3 rings (SSSR count). The van der Waals surface area contributed by atoms with E-state index in [9.17, 15) is 22.2 Å². The summed E-state index contributed by atoms with van der Waals surface area (Å²) < 4.78 is 57.1. The van der Waals surface area contributed by atoms with Gasteiger partial charge in [0.25, 0.3) is 5.91 Å². The molecule has 1 aromatic rings. The number of carbonyl (C=O) groups excluding carboxylic acids is 1. The van der Waals surface area contributed by atoms with Gasteiger partial charge < -0.3 is 15.3 Å². The van der Waals surface area contributed by atoms with Crippen molar-refractivity contribution in [2.24, 2.45) is 11.1 Å². The van der Waals surface area contributed by atoms with E-state index in [0.29, 0.717) is 12.8 Å². The zero-order valence-corrected chi connectivity index (χ0v) is 16.7. The van der Waals surface area contributed by atoms with Crippen molar-refractivity contribution in [3.8, 4) is 0 Å². The molecule has 1 saturated heterocycles. The zero-order chi connectivity index (χ0) is 21.2. The number of oxime groups is 1.